The highest BCUT2D eigenvalue weighted by molar-refractivity contribution is 7.89. The number of nitro benzene ring substituents is 1. The molecule has 0 bridgehead atoms. The van der Waals surface area contributed by atoms with Gasteiger partial charge in [-0.1, -0.05) is 6.07 Å². The van der Waals surface area contributed by atoms with Crippen LogP contribution in [0, 0.1) is 21.8 Å². The fourth-order valence-electron chi connectivity index (χ4n) is 4.34. The van der Waals surface area contributed by atoms with Gasteiger partial charge < -0.3 is 5.32 Å². The molecule has 1 N–H and O–H groups in total. The second-order valence-electron chi connectivity index (χ2n) is 8.23. The highest BCUT2D eigenvalue weighted by atomic mass is 32.2. The van der Waals surface area contributed by atoms with Crippen molar-refractivity contribution < 1.29 is 22.5 Å². The molecule has 1 aliphatic carbocycles. The van der Waals surface area contributed by atoms with E-state index in [4.69, 9.17) is 0 Å². The monoisotopic (exact) mass is 461 g/mol. The second-order valence-corrected chi connectivity index (χ2v) is 10.2. The van der Waals surface area contributed by atoms with Crippen LogP contribution in [0.15, 0.2) is 41.3 Å². The Balaban J connectivity index is 1.41. The lowest BCUT2D eigenvalue weighted by Crippen LogP contribution is -2.41. The van der Waals surface area contributed by atoms with Crippen molar-refractivity contribution in [2.45, 2.75) is 43.4 Å². The zero-order chi connectivity index (χ0) is 22.9. The highest BCUT2D eigenvalue weighted by Crippen LogP contribution is 2.29. The molecule has 32 heavy (non-hydrogen) atoms. The maximum absolute atomic E-state index is 14.0. The van der Waals surface area contributed by atoms with Crippen LogP contribution >= 0.6 is 0 Å². The topological polar surface area (TPSA) is 110 Å². The van der Waals surface area contributed by atoms with Crippen LogP contribution in [0.3, 0.4) is 0 Å². The molecule has 0 radical (unpaired) electrons. The molecule has 0 saturated carbocycles. The van der Waals surface area contributed by atoms with Crippen LogP contribution in [0.4, 0.5) is 15.8 Å². The van der Waals surface area contributed by atoms with E-state index in [1.807, 2.05) is 6.07 Å². The smallest absolute Gasteiger partial charge is 0.271 e. The third kappa shape index (κ3) is 4.51. The number of sulfonamides is 1. The molecule has 4 rings (SSSR count). The number of hydrogen-bond acceptors (Lipinski definition) is 5. The van der Waals surface area contributed by atoms with Crippen molar-refractivity contribution in [1.29, 1.82) is 0 Å². The Hall–Kier alpha value is -2.85. The summed E-state index contributed by atoms with van der Waals surface area (Å²) in [5.41, 5.74) is 1.71. The first-order chi connectivity index (χ1) is 15.3. The SMILES string of the molecule is O=C(Nc1cc([N+](=O)[O-])ccc1F)C1CCN(S(=O)(=O)c2ccc3c(c2)CCCC3)CC1. The number of hydrogen-bond donors (Lipinski definition) is 1. The van der Waals surface area contributed by atoms with Crippen LogP contribution in [0.2, 0.25) is 0 Å². The molecule has 0 atom stereocenters. The quantitative estimate of drug-likeness (QED) is 0.540. The molecule has 8 nitrogen and oxygen atoms in total. The van der Waals surface area contributed by atoms with E-state index >= 15 is 0 Å². The molecule has 10 heteroatoms. The van der Waals surface area contributed by atoms with Crippen LogP contribution in [0.1, 0.15) is 36.8 Å². The normalized spacial score (nSPS) is 17.5. The second kappa shape index (κ2) is 8.95. The zero-order valence-corrected chi connectivity index (χ0v) is 18.2. The van der Waals surface area contributed by atoms with E-state index in [0.717, 1.165) is 49.4 Å². The number of amides is 1. The van der Waals surface area contributed by atoms with Gasteiger partial charge in [0.05, 0.1) is 15.5 Å². The number of nitrogens with one attached hydrogen (secondary N) is 1. The molecule has 1 amide bonds. The number of nitrogens with zero attached hydrogens (tertiary/aromatic N) is 2. The summed E-state index contributed by atoms with van der Waals surface area (Å²) in [5.74, 6) is -1.75. The zero-order valence-electron chi connectivity index (χ0n) is 17.4. The van der Waals surface area contributed by atoms with E-state index < -0.39 is 32.6 Å². The van der Waals surface area contributed by atoms with Crippen molar-refractivity contribution in [3.05, 3.63) is 63.5 Å². The Morgan fingerprint density at radius 1 is 1.06 bits per heavy atom. The summed E-state index contributed by atoms with van der Waals surface area (Å²) >= 11 is 0. The Morgan fingerprint density at radius 2 is 1.75 bits per heavy atom. The molecule has 1 saturated heterocycles. The van der Waals surface area contributed by atoms with Crippen LogP contribution in [-0.4, -0.2) is 36.6 Å². The number of halogens is 1. The van der Waals surface area contributed by atoms with Crippen LogP contribution in [-0.2, 0) is 27.7 Å². The third-order valence-electron chi connectivity index (χ3n) is 6.20. The summed E-state index contributed by atoms with van der Waals surface area (Å²) < 4.78 is 41.5. The highest BCUT2D eigenvalue weighted by Gasteiger charge is 2.33. The Kier molecular flexibility index (Phi) is 6.25. The minimum atomic E-state index is -3.66. The van der Waals surface area contributed by atoms with Gasteiger partial charge in [0.15, 0.2) is 0 Å². The largest absolute Gasteiger partial charge is 0.323 e. The number of piperidine rings is 1. The van der Waals surface area contributed by atoms with Crippen molar-refractivity contribution in [3.8, 4) is 0 Å². The van der Waals surface area contributed by atoms with Gasteiger partial charge in [-0.25, -0.2) is 12.8 Å². The fourth-order valence-corrected chi connectivity index (χ4v) is 5.86. The number of rotatable bonds is 5. The van der Waals surface area contributed by atoms with Crippen molar-refractivity contribution in [2.75, 3.05) is 18.4 Å². The van der Waals surface area contributed by atoms with Gasteiger partial charge in [-0.15, -0.1) is 0 Å². The average molecular weight is 462 g/mol. The number of benzene rings is 2. The standard InChI is InChI=1S/C22H24FN3O5S/c23-20-8-6-18(26(28)29)14-21(20)24-22(27)16-9-11-25(12-10-16)32(30,31)19-7-5-15-3-1-2-4-17(15)13-19/h5-8,13-14,16H,1-4,9-12H2,(H,24,27). The van der Waals surface area contributed by atoms with Crippen molar-refractivity contribution in [3.63, 3.8) is 0 Å². The number of fused-ring (bicyclic) bond motifs is 1. The van der Waals surface area contributed by atoms with E-state index in [2.05, 4.69) is 5.32 Å². The fraction of sp³-hybridized carbons (Fsp3) is 0.409. The van der Waals surface area contributed by atoms with Crippen molar-refractivity contribution >= 4 is 27.3 Å². The van der Waals surface area contributed by atoms with Gasteiger partial charge in [0.25, 0.3) is 5.69 Å². The van der Waals surface area contributed by atoms with Crippen molar-refractivity contribution in [2.24, 2.45) is 5.92 Å². The Labute approximate surface area is 185 Å². The molecule has 0 unspecified atom stereocenters. The number of anilines is 1. The maximum atomic E-state index is 14.0. The van der Waals surface area contributed by atoms with E-state index in [-0.39, 0.29) is 42.2 Å². The summed E-state index contributed by atoms with van der Waals surface area (Å²) in [6.45, 7) is 0.351. The predicted molar refractivity (Wildman–Crippen MR) is 116 cm³/mol. The summed E-state index contributed by atoms with van der Waals surface area (Å²) in [6, 6.07) is 8.26. The van der Waals surface area contributed by atoms with Gasteiger partial charge in [-0.2, -0.15) is 4.31 Å². The molecule has 0 spiro atoms. The van der Waals surface area contributed by atoms with E-state index in [1.165, 1.54) is 9.87 Å². The molecule has 2 aliphatic rings. The van der Waals surface area contributed by atoms with Gasteiger partial charge in [-0.3, -0.25) is 14.9 Å². The summed E-state index contributed by atoms with van der Waals surface area (Å²) in [5, 5.41) is 13.3. The minimum absolute atomic E-state index is 0.176. The average Bonchev–Trinajstić information content (AvgIpc) is 2.80. The lowest BCUT2D eigenvalue weighted by atomic mass is 9.92. The molecule has 0 aromatic heterocycles. The maximum Gasteiger partial charge on any atom is 0.271 e. The Morgan fingerprint density at radius 3 is 2.44 bits per heavy atom. The molecular formula is C22H24FN3O5S. The molecule has 1 fully saturated rings. The summed E-state index contributed by atoms with van der Waals surface area (Å²) in [6.07, 6.45) is 4.60. The van der Waals surface area contributed by atoms with Crippen molar-refractivity contribution in [1.82, 2.24) is 4.31 Å². The first-order valence-corrected chi connectivity index (χ1v) is 12.1. The first-order valence-electron chi connectivity index (χ1n) is 10.6. The number of aryl methyl sites for hydroxylation is 2. The van der Waals surface area contributed by atoms with E-state index in [9.17, 15) is 27.7 Å². The molecule has 2 aromatic rings. The van der Waals surface area contributed by atoms with Crippen LogP contribution in [0.5, 0.6) is 0 Å². The molecule has 2 aromatic carbocycles. The van der Waals surface area contributed by atoms with Crippen LogP contribution in [0.25, 0.3) is 0 Å². The minimum Gasteiger partial charge on any atom is -0.323 e. The van der Waals surface area contributed by atoms with Gasteiger partial charge in [0.1, 0.15) is 5.82 Å². The summed E-state index contributed by atoms with van der Waals surface area (Å²) in [4.78, 5) is 23.1. The van der Waals surface area contributed by atoms with Crippen LogP contribution < -0.4 is 5.32 Å². The van der Waals surface area contributed by atoms with Gasteiger partial charge >= 0.3 is 0 Å². The number of non-ortho nitro benzene ring substituents is 1. The predicted octanol–water partition coefficient (Wildman–Crippen LogP) is 3.65. The third-order valence-corrected chi connectivity index (χ3v) is 8.10. The van der Waals surface area contributed by atoms with Gasteiger partial charge in [0.2, 0.25) is 15.9 Å². The Bertz CT molecular complexity index is 1160. The number of nitro groups is 1. The molecular weight excluding hydrogens is 437 g/mol. The van der Waals surface area contributed by atoms with Gasteiger partial charge in [0, 0.05) is 31.1 Å². The van der Waals surface area contributed by atoms with E-state index in [1.54, 1.807) is 12.1 Å². The number of carbonyl (C=O) groups is 1. The lowest BCUT2D eigenvalue weighted by Gasteiger charge is -2.31. The lowest BCUT2D eigenvalue weighted by molar-refractivity contribution is -0.384. The molecule has 1 heterocycles. The summed E-state index contributed by atoms with van der Waals surface area (Å²) in [7, 11) is -3.66. The molecule has 170 valence electrons. The first kappa shape index (κ1) is 22.3. The number of carbonyl (C=O) groups excluding carboxylic acids is 1. The molecule has 1 aliphatic heterocycles. The van der Waals surface area contributed by atoms with Gasteiger partial charge in [-0.05, 0) is 67.9 Å². The van der Waals surface area contributed by atoms with E-state index in [0.29, 0.717) is 0 Å².